The Morgan fingerprint density at radius 3 is 2.22 bits per heavy atom. The fourth-order valence-corrected chi connectivity index (χ4v) is 4.09. The Morgan fingerprint density at radius 2 is 1.53 bits per heavy atom. The molecule has 0 amide bonds. The van der Waals surface area contributed by atoms with Gasteiger partial charge in [0.15, 0.2) is 0 Å². The second kappa shape index (κ2) is 12.0. The van der Waals surface area contributed by atoms with E-state index in [9.17, 15) is 9.59 Å². The Morgan fingerprint density at radius 1 is 0.844 bits per heavy atom. The van der Waals surface area contributed by atoms with Gasteiger partial charge >= 0.3 is 5.97 Å². The minimum absolute atomic E-state index is 0.223. The third kappa shape index (κ3) is 6.66. The largest absolute Gasteiger partial charge is 0.422 e. The van der Waals surface area contributed by atoms with Crippen LogP contribution in [0.1, 0.15) is 59.7 Å². The van der Waals surface area contributed by atoms with Gasteiger partial charge in [-0.3, -0.25) is 10.2 Å². The van der Waals surface area contributed by atoms with Crippen molar-refractivity contribution in [3.05, 3.63) is 90.0 Å². The zero-order valence-corrected chi connectivity index (χ0v) is 19.1. The van der Waals surface area contributed by atoms with Crippen molar-refractivity contribution in [2.24, 2.45) is 0 Å². The highest BCUT2D eigenvalue weighted by molar-refractivity contribution is 7.99. The summed E-state index contributed by atoms with van der Waals surface area (Å²) in [6, 6.07) is 23.9. The van der Waals surface area contributed by atoms with Crippen molar-refractivity contribution in [2.75, 3.05) is 0 Å². The Labute approximate surface area is 193 Å². The van der Waals surface area contributed by atoms with Crippen LogP contribution in [0.2, 0.25) is 0 Å². The third-order valence-corrected chi connectivity index (χ3v) is 5.98. The predicted molar refractivity (Wildman–Crippen MR) is 128 cm³/mol. The highest BCUT2D eigenvalue weighted by Crippen LogP contribution is 2.32. The van der Waals surface area contributed by atoms with E-state index in [1.165, 1.54) is 11.8 Å². The van der Waals surface area contributed by atoms with Crippen molar-refractivity contribution < 1.29 is 19.7 Å². The van der Waals surface area contributed by atoms with Crippen LogP contribution in [-0.2, 0) is 0 Å². The van der Waals surface area contributed by atoms with Gasteiger partial charge in [0, 0.05) is 16.2 Å². The average molecular weight is 447 g/mol. The number of esters is 1. The molecular formula is C27H28NO3S+. The fraction of sp³-hybridized carbons (Fsp3) is 0.222. The molecule has 3 aromatic rings. The van der Waals surface area contributed by atoms with Gasteiger partial charge in [0.1, 0.15) is 5.75 Å². The summed E-state index contributed by atoms with van der Waals surface area (Å²) >= 11 is 1.53. The van der Waals surface area contributed by atoms with Gasteiger partial charge in [0.25, 0.3) is 5.78 Å². The first kappa shape index (κ1) is 23.5. The molecule has 0 heterocycles. The van der Waals surface area contributed by atoms with Crippen LogP contribution in [0.25, 0.3) is 0 Å². The minimum atomic E-state index is -0.511. The SMILES string of the molecule is CCCCCCC(=[NH2+])C(=O)c1ccc(Sc2ccccc2)cc1OC(=O)c1ccccc1. The zero-order valence-electron chi connectivity index (χ0n) is 18.3. The van der Waals surface area contributed by atoms with Crippen LogP contribution in [0.5, 0.6) is 5.75 Å². The Bertz CT molecular complexity index is 1060. The summed E-state index contributed by atoms with van der Waals surface area (Å²) in [5.41, 5.74) is 1.02. The molecule has 0 bridgehead atoms. The second-order valence-corrected chi connectivity index (χ2v) is 8.64. The molecule has 5 heteroatoms. The van der Waals surface area contributed by atoms with Crippen LogP contribution >= 0.6 is 11.8 Å². The summed E-state index contributed by atoms with van der Waals surface area (Å²) in [5, 5.41) is 6.13. The first-order valence-electron chi connectivity index (χ1n) is 10.9. The smallest absolute Gasteiger partial charge is 0.343 e. The monoisotopic (exact) mass is 446 g/mol. The van der Waals surface area contributed by atoms with Gasteiger partial charge in [-0.15, -0.1) is 0 Å². The van der Waals surface area contributed by atoms with E-state index < -0.39 is 5.97 Å². The number of rotatable bonds is 11. The molecule has 3 aromatic carbocycles. The van der Waals surface area contributed by atoms with E-state index >= 15 is 0 Å². The number of ketones is 1. The highest BCUT2D eigenvalue weighted by Gasteiger charge is 2.23. The van der Waals surface area contributed by atoms with Crippen molar-refractivity contribution in [3.8, 4) is 5.75 Å². The van der Waals surface area contributed by atoms with E-state index in [-0.39, 0.29) is 11.5 Å². The predicted octanol–water partition coefficient (Wildman–Crippen LogP) is 5.41. The number of nitrogens with two attached hydrogens (primary N) is 1. The molecular weight excluding hydrogens is 418 g/mol. The van der Waals surface area contributed by atoms with Crippen LogP contribution in [0.4, 0.5) is 0 Å². The number of hydrogen-bond donors (Lipinski definition) is 1. The molecule has 0 aromatic heterocycles. The van der Waals surface area contributed by atoms with Crippen molar-refractivity contribution in [1.29, 1.82) is 0 Å². The number of carbonyl (C=O) groups excluding carboxylic acids is 2. The van der Waals surface area contributed by atoms with Gasteiger partial charge < -0.3 is 4.74 Å². The minimum Gasteiger partial charge on any atom is -0.422 e. The molecule has 0 spiro atoms. The second-order valence-electron chi connectivity index (χ2n) is 7.49. The average Bonchev–Trinajstić information content (AvgIpc) is 2.82. The highest BCUT2D eigenvalue weighted by atomic mass is 32.2. The van der Waals surface area contributed by atoms with Crippen LogP contribution in [0, 0.1) is 0 Å². The summed E-state index contributed by atoms with van der Waals surface area (Å²) < 4.78 is 5.68. The molecule has 4 nitrogen and oxygen atoms in total. The Kier molecular flexibility index (Phi) is 8.81. The van der Waals surface area contributed by atoms with Crippen molar-refractivity contribution in [2.45, 2.75) is 48.8 Å². The molecule has 3 rings (SSSR count). The number of Topliss-reactive ketones (excluding diaryl/α,β-unsaturated/α-hetero) is 1. The lowest BCUT2D eigenvalue weighted by Crippen LogP contribution is -2.44. The lowest BCUT2D eigenvalue weighted by atomic mass is 10.0. The summed E-state index contributed by atoms with van der Waals surface area (Å²) in [6.45, 7) is 2.14. The number of hydrogen-bond acceptors (Lipinski definition) is 4. The van der Waals surface area contributed by atoms with Crippen LogP contribution in [0.3, 0.4) is 0 Å². The van der Waals surface area contributed by atoms with Crippen molar-refractivity contribution >= 4 is 29.2 Å². The molecule has 0 fully saturated rings. The molecule has 0 aliphatic rings. The van der Waals surface area contributed by atoms with E-state index in [0.717, 1.165) is 35.5 Å². The first-order chi connectivity index (χ1) is 15.6. The zero-order chi connectivity index (χ0) is 22.8. The van der Waals surface area contributed by atoms with Gasteiger partial charge in [-0.05, 0) is 48.9 Å². The Balaban J connectivity index is 1.84. The number of ether oxygens (including phenoxy) is 1. The lowest BCUT2D eigenvalue weighted by molar-refractivity contribution is -0.115. The maximum Gasteiger partial charge on any atom is 0.343 e. The van der Waals surface area contributed by atoms with Crippen LogP contribution in [0.15, 0.2) is 88.7 Å². The van der Waals surface area contributed by atoms with E-state index in [4.69, 9.17) is 10.1 Å². The summed E-state index contributed by atoms with van der Waals surface area (Å²) in [5.74, 6) is -0.571. The molecule has 0 saturated heterocycles. The third-order valence-electron chi connectivity index (χ3n) is 4.98. The number of unbranched alkanes of at least 4 members (excludes halogenated alkanes) is 3. The molecule has 32 heavy (non-hydrogen) atoms. The molecule has 164 valence electrons. The fourth-order valence-electron chi connectivity index (χ4n) is 3.22. The Hall–Kier alpha value is -3.18. The van der Waals surface area contributed by atoms with Gasteiger partial charge in [-0.2, -0.15) is 0 Å². The number of carbonyl (C=O) groups is 2. The molecule has 0 unspecified atom stereocenters. The van der Waals surface area contributed by atoms with E-state index in [1.807, 2.05) is 42.5 Å². The molecule has 0 atom stereocenters. The first-order valence-corrected chi connectivity index (χ1v) is 11.7. The van der Waals surface area contributed by atoms with E-state index in [1.54, 1.807) is 36.4 Å². The number of benzene rings is 3. The summed E-state index contributed by atoms with van der Waals surface area (Å²) in [4.78, 5) is 27.7. The lowest BCUT2D eigenvalue weighted by Gasteiger charge is -2.11. The van der Waals surface area contributed by atoms with Crippen LogP contribution < -0.4 is 10.1 Å². The van der Waals surface area contributed by atoms with E-state index in [2.05, 4.69) is 6.92 Å². The van der Waals surface area contributed by atoms with Crippen molar-refractivity contribution in [1.82, 2.24) is 0 Å². The van der Waals surface area contributed by atoms with Crippen LogP contribution in [-0.4, -0.2) is 17.5 Å². The van der Waals surface area contributed by atoms with Gasteiger partial charge in [0.05, 0.1) is 11.1 Å². The molecule has 0 radical (unpaired) electrons. The summed E-state index contributed by atoms with van der Waals surface area (Å²) in [7, 11) is 0. The summed E-state index contributed by atoms with van der Waals surface area (Å²) in [6.07, 6.45) is 4.67. The maximum atomic E-state index is 13.1. The van der Waals surface area contributed by atoms with Gasteiger partial charge in [-0.1, -0.05) is 74.3 Å². The molecule has 0 aliphatic heterocycles. The normalized spacial score (nSPS) is 10.5. The van der Waals surface area contributed by atoms with Crippen molar-refractivity contribution in [3.63, 3.8) is 0 Å². The van der Waals surface area contributed by atoms with Gasteiger partial charge in [-0.25, -0.2) is 4.79 Å². The molecule has 2 N–H and O–H groups in total. The maximum absolute atomic E-state index is 13.1. The van der Waals surface area contributed by atoms with E-state index in [0.29, 0.717) is 23.3 Å². The quantitative estimate of drug-likeness (QED) is 0.141. The molecule has 0 aliphatic carbocycles. The topological polar surface area (TPSA) is 69.0 Å². The van der Waals surface area contributed by atoms with Gasteiger partial charge in [0.2, 0.25) is 5.71 Å². The standard InChI is InChI=1S/C27H27NO3S/c1-2-3-4-11-16-24(28)26(29)23-18-17-22(32-21-14-9-6-10-15-21)19-25(23)31-27(30)20-12-7-5-8-13-20/h5-10,12-15,17-19,28H,2-4,11,16H2,1H3/p+1. The molecule has 0 saturated carbocycles.